The van der Waals surface area contributed by atoms with E-state index in [2.05, 4.69) is 27.3 Å². The quantitative estimate of drug-likeness (QED) is 0.814. The van der Waals surface area contributed by atoms with Gasteiger partial charge in [-0.3, -0.25) is 0 Å². The number of methoxy groups -OCH3 is 2. The number of nitrogens with one attached hydrogen (secondary N) is 1. The average Bonchev–Trinajstić information content (AvgIpc) is 2.31. The topological polar surface area (TPSA) is 30.5 Å². The summed E-state index contributed by atoms with van der Waals surface area (Å²) < 4.78 is 11.6. The molecule has 0 radical (unpaired) electrons. The Morgan fingerprint density at radius 1 is 1.25 bits per heavy atom. The van der Waals surface area contributed by atoms with Crippen molar-refractivity contribution in [2.45, 2.75) is 18.8 Å². The van der Waals surface area contributed by atoms with Gasteiger partial charge in [0.25, 0.3) is 0 Å². The number of benzene rings is 1. The first-order valence-electron chi connectivity index (χ1n) is 5.19. The van der Waals surface area contributed by atoms with Crippen molar-refractivity contribution in [2.75, 3.05) is 21.3 Å². The van der Waals surface area contributed by atoms with Gasteiger partial charge in [-0.15, -0.1) is 0 Å². The minimum Gasteiger partial charge on any atom is -0.354 e. The van der Waals surface area contributed by atoms with E-state index in [0.717, 1.165) is 10.9 Å². The van der Waals surface area contributed by atoms with E-state index in [1.54, 1.807) is 14.2 Å². The van der Waals surface area contributed by atoms with Gasteiger partial charge in [-0.1, -0.05) is 34.1 Å². The van der Waals surface area contributed by atoms with Crippen molar-refractivity contribution in [1.29, 1.82) is 0 Å². The molecule has 1 rings (SSSR count). The number of likely N-dealkylation sites (N-methyl/N-ethyl adjacent to an activating group) is 1. The summed E-state index contributed by atoms with van der Waals surface area (Å²) in [6, 6.07) is 8.30. The molecule has 4 heteroatoms. The molecule has 90 valence electrons. The van der Waals surface area contributed by atoms with Crippen LogP contribution in [0.15, 0.2) is 28.7 Å². The van der Waals surface area contributed by atoms with E-state index in [4.69, 9.17) is 9.47 Å². The molecule has 1 aromatic carbocycles. The van der Waals surface area contributed by atoms with Gasteiger partial charge in [0.15, 0.2) is 6.29 Å². The molecule has 16 heavy (non-hydrogen) atoms. The summed E-state index contributed by atoms with van der Waals surface area (Å²) in [7, 11) is 5.21. The zero-order valence-electron chi connectivity index (χ0n) is 9.87. The summed E-state index contributed by atoms with van der Waals surface area (Å²) in [4.78, 5) is 0. The summed E-state index contributed by atoms with van der Waals surface area (Å²) in [6.45, 7) is 0. The maximum absolute atomic E-state index is 5.26. The maximum Gasteiger partial charge on any atom is 0.172 e. The Balaban J connectivity index is 2.73. The third-order valence-corrected chi connectivity index (χ3v) is 3.34. The average molecular weight is 288 g/mol. The van der Waals surface area contributed by atoms with Gasteiger partial charge in [0.05, 0.1) is 6.04 Å². The molecule has 0 amide bonds. The van der Waals surface area contributed by atoms with Crippen molar-refractivity contribution in [3.8, 4) is 0 Å². The van der Waals surface area contributed by atoms with Crippen molar-refractivity contribution in [3.05, 3.63) is 34.3 Å². The van der Waals surface area contributed by atoms with Gasteiger partial charge < -0.3 is 14.8 Å². The molecule has 1 aromatic rings. The predicted octanol–water partition coefficient (Wildman–Crippen LogP) is 2.20. The van der Waals surface area contributed by atoms with E-state index in [1.165, 1.54) is 5.56 Å². The number of halogens is 1. The van der Waals surface area contributed by atoms with Crippen LogP contribution in [0.4, 0.5) is 0 Å². The second kappa shape index (κ2) is 7.01. The molecule has 0 bridgehead atoms. The highest BCUT2D eigenvalue weighted by molar-refractivity contribution is 9.10. The zero-order chi connectivity index (χ0) is 12.0. The van der Waals surface area contributed by atoms with Crippen molar-refractivity contribution < 1.29 is 9.47 Å². The SMILES string of the molecule is CNC(Cc1ccccc1Br)C(OC)OC. The molecule has 1 unspecified atom stereocenters. The van der Waals surface area contributed by atoms with E-state index in [0.29, 0.717) is 0 Å². The van der Waals surface area contributed by atoms with Gasteiger partial charge in [-0.25, -0.2) is 0 Å². The lowest BCUT2D eigenvalue weighted by molar-refractivity contribution is -0.121. The van der Waals surface area contributed by atoms with Gasteiger partial charge in [0, 0.05) is 18.7 Å². The van der Waals surface area contributed by atoms with Crippen LogP contribution in [0, 0.1) is 0 Å². The van der Waals surface area contributed by atoms with Gasteiger partial charge in [0.1, 0.15) is 0 Å². The second-order valence-corrected chi connectivity index (χ2v) is 4.38. The number of ether oxygens (including phenoxy) is 2. The molecule has 0 aromatic heterocycles. The summed E-state index contributed by atoms with van der Waals surface area (Å²) in [5, 5.41) is 3.21. The highest BCUT2D eigenvalue weighted by atomic mass is 79.9. The molecule has 1 N–H and O–H groups in total. The summed E-state index contributed by atoms with van der Waals surface area (Å²) >= 11 is 3.54. The Kier molecular flexibility index (Phi) is 5.98. The number of rotatable bonds is 6. The van der Waals surface area contributed by atoms with Crippen LogP contribution in [0.2, 0.25) is 0 Å². The molecule has 0 spiro atoms. The van der Waals surface area contributed by atoms with Crippen LogP contribution in [0.3, 0.4) is 0 Å². The van der Waals surface area contributed by atoms with Gasteiger partial charge in [0.2, 0.25) is 0 Å². The van der Waals surface area contributed by atoms with E-state index in [9.17, 15) is 0 Å². The van der Waals surface area contributed by atoms with E-state index >= 15 is 0 Å². The fourth-order valence-electron chi connectivity index (χ4n) is 1.66. The molecule has 1 atom stereocenters. The lowest BCUT2D eigenvalue weighted by Gasteiger charge is -2.24. The fraction of sp³-hybridized carbons (Fsp3) is 0.500. The van der Waals surface area contributed by atoms with Crippen LogP contribution in [0.5, 0.6) is 0 Å². The lowest BCUT2D eigenvalue weighted by atomic mass is 10.1. The van der Waals surface area contributed by atoms with E-state index in [1.807, 2.05) is 25.2 Å². The first kappa shape index (κ1) is 13.6. The van der Waals surface area contributed by atoms with Gasteiger partial charge >= 0.3 is 0 Å². The van der Waals surface area contributed by atoms with Crippen LogP contribution in [0.25, 0.3) is 0 Å². The molecule has 0 aliphatic rings. The maximum atomic E-state index is 5.26. The molecule has 0 aliphatic carbocycles. The minimum absolute atomic E-state index is 0.133. The van der Waals surface area contributed by atoms with E-state index in [-0.39, 0.29) is 12.3 Å². The molecular weight excluding hydrogens is 270 g/mol. The Morgan fingerprint density at radius 2 is 1.88 bits per heavy atom. The largest absolute Gasteiger partial charge is 0.354 e. The smallest absolute Gasteiger partial charge is 0.172 e. The van der Waals surface area contributed by atoms with E-state index < -0.39 is 0 Å². The Hall–Kier alpha value is -0.420. The number of hydrogen-bond donors (Lipinski definition) is 1. The van der Waals surface area contributed by atoms with Crippen LogP contribution in [-0.4, -0.2) is 33.6 Å². The van der Waals surface area contributed by atoms with Crippen LogP contribution in [-0.2, 0) is 15.9 Å². The summed E-state index contributed by atoms with van der Waals surface area (Å²) in [6.07, 6.45) is 0.613. The van der Waals surface area contributed by atoms with Crippen molar-refractivity contribution in [1.82, 2.24) is 5.32 Å². The lowest BCUT2D eigenvalue weighted by Crippen LogP contribution is -2.41. The van der Waals surface area contributed by atoms with Gasteiger partial charge in [-0.05, 0) is 25.1 Å². The van der Waals surface area contributed by atoms with Crippen LogP contribution in [0.1, 0.15) is 5.56 Å². The normalized spacial score (nSPS) is 13.1. The monoisotopic (exact) mass is 287 g/mol. The van der Waals surface area contributed by atoms with Crippen molar-refractivity contribution in [3.63, 3.8) is 0 Å². The first-order valence-corrected chi connectivity index (χ1v) is 5.98. The van der Waals surface area contributed by atoms with Crippen molar-refractivity contribution in [2.24, 2.45) is 0 Å². The van der Waals surface area contributed by atoms with Crippen LogP contribution < -0.4 is 5.32 Å². The Bertz CT molecular complexity index is 316. The molecule has 0 saturated heterocycles. The zero-order valence-corrected chi connectivity index (χ0v) is 11.5. The molecule has 0 aliphatic heterocycles. The van der Waals surface area contributed by atoms with Crippen LogP contribution >= 0.6 is 15.9 Å². The van der Waals surface area contributed by atoms with Gasteiger partial charge in [-0.2, -0.15) is 0 Å². The molecule has 0 saturated carbocycles. The minimum atomic E-state index is -0.239. The molecular formula is C12H18BrNO2. The molecule has 0 fully saturated rings. The number of hydrogen-bond acceptors (Lipinski definition) is 3. The summed E-state index contributed by atoms with van der Waals surface area (Å²) in [5.41, 5.74) is 1.24. The standard InChI is InChI=1S/C12H18BrNO2/c1-14-11(12(15-2)16-3)8-9-6-4-5-7-10(9)13/h4-7,11-12,14H,8H2,1-3H3. The summed E-state index contributed by atoms with van der Waals surface area (Å²) in [5.74, 6) is 0. The fourth-order valence-corrected chi connectivity index (χ4v) is 2.11. The second-order valence-electron chi connectivity index (χ2n) is 3.53. The Morgan fingerprint density at radius 3 is 2.38 bits per heavy atom. The van der Waals surface area contributed by atoms with Crippen molar-refractivity contribution >= 4 is 15.9 Å². The molecule has 3 nitrogen and oxygen atoms in total. The first-order chi connectivity index (χ1) is 7.72. The third kappa shape index (κ3) is 3.56. The third-order valence-electron chi connectivity index (χ3n) is 2.56. The predicted molar refractivity (Wildman–Crippen MR) is 68.5 cm³/mol. The Labute approximate surface area is 105 Å². The highest BCUT2D eigenvalue weighted by Crippen LogP contribution is 2.18. The molecule has 0 heterocycles. The highest BCUT2D eigenvalue weighted by Gasteiger charge is 2.20.